The van der Waals surface area contributed by atoms with E-state index in [1.807, 2.05) is 31.2 Å². The number of aliphatic carboxylic acids is 1. The van der Waals surface area contributed by atoms with Crippen LogP contribution in [-0.4, -0.2) is 24.5 Å². The SMILES string of the molecule is Cc1ccc(Oc2ccc(OCC(=O)N[C@@H](C)C(=O)[O-])cc2)cc1. The van der Waals surface area contributed by atoms with Crippen molar-refractivity contribution in [2.45, 2.75) is 19.9 Å². The van der Waals surface area contributed by atoms with Gasteiger partial charge in [0.2, 0.25) is 0 Å². The van der Waals surface area contributed by atoms with Gasteiger partial charge in [-0.05, 0) is 50.2 Å². The zero-order valence-electron chi connectivity index (χ0n) is 13.4. The summed E-state index contributed by atoms with van der Waals surface area (Å²) in [6, 6.07) is 13.4. The van der Waals surface area contributed by atoms with Crippen molar-refractivity contribution in [3.05, 3.63) is 54.1 Å². The lowest BCUT2D eigenvalue weighted by Crippen LogP contribution is -2.47. The Labute approximate surface area is 140 Å². The lowest BCUT2D eigenvalue weighted by atomic mass is 10.2. The molecule has 0 radical (unpaired) electrons. The van der Waals surface area contributed by atoms with E-state index in [0.29, 0.717) is 11.5 Å². The van der Waals surface area contributed by atoms with E-state index in [2.05, 4.69) is 5.32 Å². The number of rotatable bonds is 7. The number of carbonyl (C=O) groups excluding carboxylic acids is 2. The van der Waals surface area contributed by atoms with Crippen molar-refractivity contribution in [1.82, 2.24) is 5.32 Å². The zero-order chi connectivity index (χ0) is 17.5. The van der Waals surface area contributed by atoms with E-state index in [0.717, 1.165) is 11.3 Å². The van der Waals surface area contributed by atoms with Crippen LogP contribution in [0.1, 0.15) is 12.5 Å². The van der Waals surface area contributed by atoms with Gasteiger partial charge in [-0.3, -0.25) is 4.79 Å². The first kappa shape index (κ1) is 17.3. The highest BCUT2D eigenvalue weighted by Crippen LogP contribution is 2.24. The third kappa shape index (κ3) is 5.31. The number of benzene rings is 2. The van der Waals surface area contributed by atoms with Crippen LogP contribution in [0.25, 0.3) is 0 Å². The van der Waals surface area contributed by atoms with Crippen molar-refractivity contribution in [2.24, 2.45) is 0 Å². The van der Waals surface area contributed by atoms with Crippen LogP contribution in [0.3, 0.4) is 0 Å². The minimum absolute atomic E-state index is 0.282. The molecule has 0 aliphatic heterocycles. The third-order valence-electron chi connectivity index (χ3n) is 3.18. The van der Waals surface area contributed by atoms with Crippen molar-refractivity contribution in [3.8, 4) is 17.2 Å². The summed E-state index contributed by atoms with van der Waals surface area (Å²) < 4.78 is 11.0. The van der Waals surface area contributed by atoms with Gasteiger partial charge >= 0.3 is 0 Å². The second-order valence-corrected chi connectivity index (χ2v) is 5.28. The monoisotopic (exact) mass is 328 g/mol. The molecule has 0 saturated heterocycles. The number of carboxylic acid groups (broad SMARTS) is 1. The Hall–Kier alpha value is -3.02. The molecule has 0 heterocycles. The fourth-order valence-electron chi connectivity index (χ4n) is 1.84. The van der Waals surface area contributed by atoms with Crippen molar-refractivity contribution in [2.75, 3.05) is 6.61 Å². The lowest BCUT2D eigenvalue weighted by molar-refractivity contribution is -0.307. The molecule has 2 rings (SSSR count). The summed E-state index contributed by atoms with van der Waals surface area (Å²) in [7, 11) is 0. The number of aryl methyl sites for hydroxylation is 1. The van der Waals surface area contributed by atoms with Crippen LogP contribution in [0.4, 0.5) is 0 Å². The molecule has 0 aliphatic carbocycles. The molecule has 0 unspecified atom stereocenters. The Bertz CT molecular complexity index is 694. The number of nitrogens with one attached hydrogen (secondary N) is 1. The Kier molecular flexibility index (Phi) is 5.78. The summed E-state index contributed by atoms with van der Waals surface area (Å²) in [5.74, 6) is -0.0405. The van der Waals surface area contributed by atoms with E-state index in [1.54, 1.807) is 24.3 Å². The number of hydrogen-bond acceptors (Lipinski definition) is 5. The minimum atomic E-state index is -1.35. The van der Waals surface area contributed by atoms with Crippen LogP contribution < -0.4 is 19.9 Å². The third-order valence-corrected chi connectivity index (χ3v) is 3.18. The first-order chi connectivity index (χ1) is 11.4. The highest BCUT2D eigenvalue weighted by Gasteiger charge is 2.08. The van der Waals surface area contributed by atoms with Crippen LogP contribution in [0.15, 0.2) is 48.5 Å². The highest BCUT2D eigenvalue weighted by atomic mass is 16.5. The average Bonchev–Trinajstić information content (AvgIpc) is 2.56. The highest BCUT2D eigenvalue weighted by molar-refractivity contribution is 5.83. The second kappa shape index (κ2) is 8.01. The topological polar surface area (TPSA) is 87.7 Å². The average molecular weight is 328 g/mol. The second-order valence-electron chi connectivity index (χ2n) is 5.28. The normalized spacial score (nSPS) is 11.4. The van der Waals surface area contributed by atoms with Gasteiger partial charge in [-0.2, -0.15) is 0 Å². The van der Waals surface area contributed by atoms with Crippen LogP contribution in [0.2, 0.25) is 0 Å². The van der Waals surface area contributed by atoms with Crippen LogP contribution in [0.5, 0.6) is 17.2 Å². The van der Waals surface area contributed by atoms with E-state index < -0.39 is 17.9 Å². The molecule has 2 aromatic rings. The predicted octanol–water partition coefficient (Wildman–Crippen LogP) is 1.42. The summed E-state index contributed by atoms with van der Waals surface area (Å²) in [6.45, 7) is 3.04. The van der Waals surface area contributed by atoms with E-state index >= 15 is 0 Å². The van der Waals surface area contributed by atoms with Crippen LogP contribution in [-0.2, 0) is 9.59 Å². The van der Waals surface area contributed by atoms with Gasteiger partial charge < -0.3 is 24.7 Å². The molecule has 24 heavy (non-hydrogen) atoms. The fraction of sp³-hybridized carbons (Fsp3) is 0.222. The molecule has 2 aromatic carbocycles. The maximum Gasteiger partial charge on any atom is 0.258 e. The standard InChI is InChI=1S/C18H19NO5/c1-12-3-5-15(6-4-12)24-16-9-7-14(8-10-16)23-11-17(20)19-13(2)18(21)22/h3-10,13H,11H2,1-2H3,(H,19,20)(H,21,22)/p-1/t13-/m0/s1. The molecule has 6 nitrogen and oxygen atoms in total. The molecule has 1 amide bonds. The predicted molar refractivity (Wildman–Crippen MR) is 85.8 cm³/mol. The number of ether oxygens (including phenoxy) is 2. The lowest BCUT2D eigenvalue weighted by Gasteiger charge is -2.14. The Balaban J connectivity index is 1.84. The van der Waals surface area contributed by atoms with E-state index in [1.165, 1.54) is 6.92 Å². The summed E-state index contributed by atoms with van der Waals surface area (Å²) in [6.07, 6.45) is 0. The quantitative estimate of drug-likeness (QED) is 0.830. The first-order valence-electron chi connectivity index (χ1n) is 7.41. The zero-order valence-corrected chi connectivity index (χ0v) is 13.4. The van der Waals surface area contributed by atoms with E-state index in [4.69, 9.17) is 9.47 Å². The van der Waals surface area contributed by atoms with Gasteiger partial charge in [0.05, 0.1) is 12.0 Å². The molecule has 0 aromatic heterocycles. The van der Waals surface area contributed by atoms with Crippen molar-refractivity contribution < 1.29 is 24.2 Å². The Morgan fingerprint density at radius 2 is 1.50 bits per heavy atom. The van der Waals surface area contributed by atoms with E-state index in [-0.39, 0.29) is 6.61 Å². The van der Waals surface area contributed by atoms with Gasteiger partial charge in [0, 0.05) is 0 Å². The van der Waals surface area contributed by atoms with Crippen molar-refractivity contribution in [3.63, 3.8) is 0 Å². The first-order valence-corrected chi connectivity index (χ1v) is 7.41. The number of carboxylic acids is 1. The minimum Gasteiger partial charge on any atom is -0.548 e. The molecular formula is C18H18NO5-. The molecule has 1 atom stereocenters. The molecule has 0 fully saturated rings. The molecule has 0 bridgehead atoms. The number of amides is 1. The maximum atomic E-state index is 11.5. The van der Waals surface area contributed by atoms with E-state index in [9.17, 15) is 14.7 Å². The molecule has 126 valence electrons. The summed E-state index contributed by atoms with van der Waals surface area (Å²) in [5, 5.41) is 12.8. The smallest absolute Gasteiger partial charge is 0.258 e. The van der Waals surface area contributed by atoms with Gasteiger partial charge in [0.25, 0.3) is 5.91 Å². The number of hydrogen-bond donors (Lipinski definition) is 1. The summed E-state index contributed by atoms with van der Waals surface area (Å²) in [5.41, 5.74) is 1.15. The molecular weight excluding hydrogens is 310 g/mol. The van der Waals surface area contributed by atoms with Crippen molar-refractivity contribution in [1.29, 1.82) is 0 Å². The molecule has 1 N–H and O–H groups in total. The van der Waals surface area contributed by atoms with Gasteiger partial charge in [-0.1, -0.05) is 17.7 Å². The molecule has 0 spiro atoms. The van der Waals surface area contributed by atoms with Crippen LogP contribution in [0, 0.1) is 6.92 Å². The van der Waals surface area contributed by atoms with Crippen LogP contribution >= 0.6 is 0 Å². The maximum absolute atomic E-state index is 11.5. The fourth-order valence-corrected chi connectivity index (χ4v) is 1.84. The Morgan fingerprint density at radius 1 is 1.00 bits per heavy atom. The van der Waals surface area contributed by atoms with Gasteiger partial charge in [0.1, 0.15) is 17.2 Å². The summed E-state index contributed by atoms with van der Waals surface area (Å²) >= 11 is 0. The van der Waals surface area contributed by atoms with Gasteiger partial charge in [-0.15, -0.1) is 0 Å². The summed E-state index contributed by atoms with van der Waals surface area (Å²) in [4.78, 5) is 22.0. The molecule has 0 saturated carbocycles. The van der Waals surface area contributed by atoms with Gasteiger partial charge in [-0.25, -0.2) is 0 Å². The number of carbonyl (C=O) groups is 2. The largest absolute Gasteiger partial charge is 0.548 e. The molecule has 6 heteroatoms. The molecule has 0 aliphatic rings. The Morgan fingerprint density at radius 3 is 2.04 bits per heavy atom. The van der Waals surface area contributed by atoms with Crippen molar-refractivity contribution >= 4 is 11.9 Å². The van der Waals surface area contributed by atoms with Gasteiger partial charge in [0.15, 0.2) is 6.61 Å².